The van der Waals surface area contributed by atoms with Crippen molar-refractivity contribution < 1.29 is 9.47 Å². The molecule has 5 heteroatoms. The van der Waals surface area contributed by atoms with Gasteiger partial charge in [0, 0.05) is 12.6 Å². The third-order valence-corrected chi connectivity index (χ3v) is 4.56. The van der Waals surface area contributed by atoms with Crippen molar-refractivity contribution in [1.82, 2.24) is 5.32 Å². The van der Waals surface area contributed by atoms with Crippen molar-refractivity contribution in [3.63, 3.8) is 0 Å². The highest BCUT2D eigenvalue weighted by Crippen LogP contribution is 2.27. The summed E-state index contributed by atoms with van der Waals surface area (Å²) in [7, 11) is 3.31. The first-order valence-electron chi connectivity index (χ1n) is 9.00. The Morgan fingerprint density at radius 1 is 1.12 bits per heavy atom. The summed E-state index contributed by atoms with van der Waals surface area (Å²) in [6.45, 7) is 0.736. The number of ether oxygens (including phenoxy) is 2. The molecule has 1 aromatic rings. The second-order valence-electron chi connectivity index (χ2n) is 6.39. The van der Waals surface area contributed by atoms with Gasteiger partial charge in [-0.1, -0.05) is 31.7 Å². The summed E-state index contributed by atoms with van der Waals surface area (Å²) in [5.41, 5.74) is 7.24. The fraction of sp³-hybridized carbons (Fsp3) is 0.632. The lowest BCUT2D eigenvalue weighted by atomic mass is 10.1. The number of aryl methyl sites for hydroxylation is 1. The van der Waals surface area contributed by atoms with Crippen molar-refractivity contribution in [2.45, 2.75) is 57.4 Å². The van der Waals surface area contributed by atoms with Gasteiger partial charge in [-0.2, -0.15) is 0 Å². The molecule has 0 aromatic heterocycles. The molecule has 0 radical (unpaired) electrons. The fourth-order valence-electron chi connectivity index (χ4n) is 3.20. The SMILES string of the molecule is COc1ccc(CCCN=C(N)NC2CCCCCC2)cc1OC. The molecule has 0 heterocycles. The lowest BCUT2D eigenvalue weighted by Gasteiger charge is -2.16. The van der Waals surface area contributed by atoms with E-state index in [-0.39, 0.29) is 0 Å². The van der Waals surface area contributed by atoms with E-state index in [1.165, 1.54) is 44.1 Å². The molecule has 134 valence electrons. The van der Waals surface area contributed by atoms with Gasteiger partial charge in [-0.3, -0.25) is 4.99 Å². The van der Waals surface area contributed by atoms with Gasteiger partial charge in [0.1, 0.15) is 0 Å². The van der Waals surface area contributed by atoms with Gasteiger partial charge in [0.15, 0.2) is 17.5 Å². The van der Waals surface area contributed by atoms with Crippen LogP contribution in [-0.2, 0) is 6.42 Å². The van der Waals surface area contributed by atoms with Gasteiger partial charge in [-0.05, 0) is 43.4 Å². The molecule has 24 heavy (non-hydrogen) atoms. The average Bonchev–Trinajstić information content (AvgIpc) is 2.87. The molecule has 0 amide bonds. The van der Waals surface area contributed by atoms with Gasteiger partial charge in [-0.25, -0.2) is 0 Å². The topological polar surface area (TPSA) is 68.9 Å². The van der Waals surface area contributed by atoms with E-state index in [1.807, 2.05) is 12.1 Å². The van der Waals surface area contributed by atoms with Gasteiger partial charge in [0.25, 0.3) is 0 Å². The van der Waals surface area contributed by atoms with Crippen LogP contribution in [0.5, 0.6) is 11.5 Å². The van der Waals surface area contributed by atoms with E-state index >= 15 is 0 Å². The maximum absolute atomic E-state index is 6.02. The first kappa shape index (κ1) is 18.4. The molecular formula is C19H31N3O2. The Balaban J connectivity index is 1.74. The van der Waals surface area contributed by atoms with Crippen molar-refractivity contribution >= 4 is 5.96 Å². The zero-order valence-corrected chi connectivity index (χ0v) is 15.0. The highest BCUT2D eigenvalue weighted by molar-refractivity contribution is 5.78. The maximum Gasteiger partial charge on any atom is 0.188 e. The molecule has 1 aliphatic rings. The lowest BCUT2D eigenvalue weighted by molar-refractivity contribution is 0.354. The first-order chi connectivity index (χ1) is 11.7. The molecule has 0 atom stereocenters. The lowest BCUT2D eigenvalue weighted by Crippen LogP contribution is -2.39. The second-order valence-corrected chi connectivity index (χ2v) is 6.39. The Morgan fingerprint density at radius 3 is 2.50 bits per heavy atom. The van der Waals surface area contributed by atoms with Crippen LogP contribution in [0.1, 0.15) is 50.5 Å². The second kappa shape index (κ2) is 10.1. The van der Waals surface area contributed by atoms with Crippen LogP contribution < -0.4 is 20.5 Å². The van der Waals surface area contributed by atoms with Crippen LogP contribution >= 0.6 is 0 Å². The summed E-state index contributed by atoms with van der Waals surface area (Å²) >= 11 is 0. The largest absolute Gasteiger partial charge is 0.493 e. The minimum Gasteiger partial charge on any atom is -0.493 e. The molecule has 0 aliphatic heterocycles. The molecule has 1 saturated carbocycles. The predicted octanol–water partition coefficient (Wildman–Crippen LogP) is 3.26. The third kappa shape index (κ3) is 5.95. The number of rotatable bonds is 7. The zero-order chi connectivity index (χ0) is 17.2. The zero-order valence-electron chi connectivity index (χ0n) is 15.0. The Labute approximate surface area is 145 Å². The molecule has 0 bridgehead atoms. The number of nitrogens with two attached hydrogens (primary N) is 1. The molecular weight excluding hydrogens is 302 g/mol. The minimum atomic E-state index is 0.502. The van der Waals surface area contributed by atoms with Gasteiger partial charge >= 0.3 is 0 Å². The summed E-state index contributed by atoms with van der Waals surface area (Å²) in [5.74, 6) is 2.12. The smallest absolute Gasteiger partial charge is 0.188 e. The molecule has 2 rings (SSSR count). The van der Waals surface area contributed by atoms with Crippen LogP contribution in [0.25, 0.3) is 0 Å². The van der Waals surface area contributed by atoms with E-state index in [0.29, 0.717) is 12.0 Å². The number of hydrogen-bond donors (Lipinski definition) is 2. The molecule has 3 N–H and O–H groups in total. The van der Waals surface area contributed by atoms with Crippen LogP contribution in [0.15, 0.2) is 23.2 Å². The van der Waals surface area contributed by atoms with Gasteiger partial charge < -0.3 is 20.5 Å². The average molecular weight is 333 g/mol. The minimum absolute atomic E-state index is 0.502. The molecule has 1 aliphatic carbocycles. The van der Waals surface area contributed by atoms with Crippen LogP contribution in [0.2, 0.25) is 0 Å². The summed E-state index contributed by atoms with van der Waals surface area (Å²) in [6.07, 6.45) is 9.61. The highest BCUT2D eigenvalue weighted by Gasteiger charge is 2.12. The van der Waals surface area contributed by atoms with E-state index in [4.69, 9.17) is 15.2 Å². The Bertz CT molecular complexity index is 523. The van der Waals surface area contributed by atoms with Crippen molar-refractivity contribution in [3.8, 4) is 11.5 Å². The van der Waals surface area contributed by atoms with E-state index in [2.05, 4.69) is 16.4 Å². The number of guanidine groups is 1. The molecule has 1 fully saturated rings. The number of nitrogens with one attached hydrogen (secondary N) is 1. The summed E-state index contributed by atoms with van der Waals surface area (Å²) in [4.78, 5) is 4.47. The Kier molecular flexibility index (Phi) is 7.72. The van der Waals surface area contributed by atoms with E-state index in [1.54, 1.807) is 14.2 Å². The quantitative estimate of drug-likeness (QED) is 0.348. The standard InChI is InChI=1S/C19H31N3O2/c1-23-17-12-11-15(14-18(17)24-2)8-7-13-21-19(20)22-16-9-5-3-4-6-10-16/h11-12,14,16H,3-10,13H2,1-2H3,(H3,20,21,22). The van der Waals surface area contributed by atoms with Crippen molar-refractivity contribution in [2.24, 2.45) is 10.7 Å². The van der Waals surface area contributed by atoms with Crippen LogP contribution in [0, 0.1) is 0 Å². The molecule has 0 spiro atoms. The normalized spacial score (nSPS) is 16.5. The van der Waals surface area contributed by atoms with Crippen LogP contribution in [-0.4, -0.2) is 32.8 Å². The summed E-state index contributed by atoms with van der Waals surface area (Å²) < 4.78 is 10.6. The van der Waals surface area contributed by atoms with Crippen molar-refractivity contribution in [1.29, 1.82) is 0 Å². The molecule has 0 unspecified atom stereocenters. The van der Waals surface area contributed by atoms with Gasteiger partial charge in [-0.15, -0.1) is 0 Å². The van der Waals surface area contributed by atoms with Crippen molar-refractivity contribution in [3.05, 3.63) is 23.8 Å². The van der Waals surface area contributed by atoms with Gasteiger partial charge in [0.2, 0.25) is 0 Å². The molecule has 5 nitrogen and oxygen atoms in total. The number of nitrogens with zero attached hydrogens (tertiary/aromatic N) is 1. The number of methoxy groups -OCH3 is 2. The number of aliphatic imine (C=N–C) groups is 1. The van der Waals surface area contributed by atoms with Crippen LogP contribution in [0.4, 0.5) is 0 Å². The van der Waals surface area contributed by atoms with Gasteiger partial charge in [0.05, 0.1) is 14.2 Å². The van der Waals surface area contributed by atoms with Crippen molar-refractivity contribution in [2.75, 3.05) is 20.8 Å². The first-order valence-corrected chi connectivity index (χ1v) is 9.00. The van der Waals surface area contributed by atoms with E-state index in [9.17, 15) is 0 Å². The fourth-order valence-corrected chi connectivity index (χ4v) is 3.20. The summed E-state index contributed by atoms with van der Waals surface area (Å²) in [6, 6.07) is 6.54. The number of hydrogen-bond acceptors (Lipinski definition) is 3. The maximum atomic E-state index is 6.02. The Morgan fingerprint density at radius 2 is 1.83 bits per heavy atom. The Hall–Kier alpha value is -1.91. The monoisotopic (exact) mass is 333 g/mol. The molecule has 1 aromatic carbocycles. The summed E-state index contributed by atoms with van der Waals surface area (Å²) in [5, 5.41) is 3.38. The predicted molar refractivity (Wildman–Crippen MR) is 99.0 cm³/mol. The van der Waals surface area contributed by atoms with E-state index < -0.39 is 0 Å². The van der Waals surface area contributed by atoms with Crippen LogP contribution in [0.3, 0.4) is 0 Å². The highest BCUT2D eigenvalue weighted by atomic mass is 16.5. The third-order valence-electron chi connectivity index (χ3n) is 4.56. The molecule has 0 saturated heterocycles. The number of benzene rings is 1. The van der Waals surface area contributed by atoms with E-state index in [0.717, 1.165) is 30.9 Å².